The fourth-order valence-electron chi connectivity index (χ4n) is 3.76. The molecule has 14 heteroatoms. The van der Waals surface area contributed by atoms with Crippen LogP contribution in [0.2, 0.25) is 0 Å². The van der Waals surface area contributed by atoms with Crippen LogP contribution in [0.5, 0.6) is 0 Å². The third-order valence-corrected chi connectivity index (χ3v) is 7.52. The van der Waals surface area contributed by atoms with Gasteiger partial charge in [0.2, 0.25) is 0 Å². The fourth-order valence-corrected chi connectivity index (χ4v) is 4.88. The Balaban J connectivity index is 1.82. The van der Waals surface area contributed by atoms with Crippen molar-refractivity contribution in [1.29, 1.82) is 0 Å². The van der Waals surface area contributed by atoms with Crippen molar-refractivity contribution in [2.75, 3.05) is 57.1 Å². The Labute approximate surface area is 214 Å². The molecule has 0 atom stereocenters. The normalized spacial score (nSPS) is 12.1. The number of rotatable bonds is 9. The lowest BCUT2D eigenvalue weighted by Crippen LogP contribution is -2.44. The van der Waals surface area contributed by atoms with Crippen molar-refractivity contribution >= 4 is 38.6 Å². The molecule has 4 rings (SSSR count). The summed E-state index contributed by atoms with van der Waals surface area (Å²) in [4.78, 5) is 15.0. The van der Waals surface area contributed by atoms with Crippen LogP contribution < -0.4 is 15.8 Å². The van der Waals surface area contributed by atoms with E-state index in [-0.39, 0.29) is 42.1 Å². The first-order valence-corrected chi connectivity index (χ1v) is 12.7. The van der Waals surface area contributed by atoms with Gasteiger partial charge in [-0.25, -0.2) is 28.3 Å². The number of nitrogens with two attached hydrogens (primary N) is 2. The Morgan fingerprint density at radius 2 is 1.65 bits per heavy atom. The summed E-state index contributed by atoms with van der Waals surface area (Å²) in [7, 11) is 2.54. The maximum atomic E-state index is 14.3. The van der Waals surface area contributed by atoms with E-state index in [0.29, 0.717) is 28.8 Å². The zero-order valence-electron chi connectivity index (χ0n) is 21.0. The number of anilines is 3. The number of fused-ring (bicyclic) bond motifs is 1. The second-order valence-corrected chi connectivity index (χ2v) is 10.9. The molecule has 4 N–H and O–H groups in total. The summed E-state index contributed by atoms with van der Waals surface area (Å²) in [5, 5.41) is 5.20. The summed E-state index contributed by atoms with van der Waals surface area (Å²) in [6, 6.07) is 9.91. The van der Waals surface area contributed by atoms with E-state index in [1.165, 1.54) is 20.2 Å². The number of nitrogen functional groups attached to an aromatic ring is 2. The van der Waals surface area contributed by atoms with Crippen LogP contribution in [0.15, 0.2) is 42.6 Å². The highest BCUT2D eigenvalue weighted by molar-refractivity contribution is 7.90. The molecule has 0 amide bonds. The zero-order valence-corrected chi connectivity index (χ0v) is 21.8. The minimum absolute atomic E-state index is 0.00693. The molecular weight excluding hydrogens is 499 g/mol. The number of pyridine rings is 1. The van der Waals surface area contributed by atoms with Gasteiger partial charge in [-0.1, -0.05) is 18.2 Å². The van der Waals surface area contributed by atoms with E-state index in [9.17, 15) is 12.8 Å². The van der Waals surface area contributed by atoms with Gasteiger partial charge in [-0.3, -0.25) is 0 Å². The third-order valence-electron chi connectivity index (χ3n) is 5.67. The molecule has 3 aromatic heterocycles. The van der Waals surface area contributed by atoms with Crippen LogP contribution >= 0.6 is 0 Å². The topological polar surface area (TPSA) is 152 Å². The lowest BCUT2D eigenvalue weighted by Gasteiger charge is -2.29. The Morgan fingerprint density at radius 1 is 0.973 bits per heavy atom. The van der Waals surface area contributed by atoms with Crippen molar-refractivity contribution in [3.63, 3.8) is 0 Å². The zero-order chi connectivity index (χ0) is 26.9. The Bertz CT molecular complexity index is 1510. The molecule has 0 saturated heterocycles. The first kappa shape index (κ1) is 26.2. The summed E-state index contributed by atoms with van der Waals surface area (Å²) in [5.41, 5.74) is 13.8. The van der Waals surface area contributed by atoms with Crippen LogP contribution in [0.1, 0.15) is 5.56 Å². The summed E-state index contributed by atoms with van der Waals surface area (Å²) in [6.45, 7) is 0.613. The minimum Gasteiger partial charge on any atom is -0.382 e. The Morgan fingerprint density at radius 3 is 2.27 bits per heavy atom. The summed E-state index contributed by atoms with van der Waals surface area (Å²) in [5.74, 6) is -0.503. The molecule has 0 saturated carbocycles. The second kappa shape index (κ2) is 10.2. The van der Waals surface area contributed by atoms with Crippen LogP contribution in [0.25, 0.3) is 22.6 Å². The van der Waals surface area contributed by atoms with Gasteiger partial charge in [0.05, 0.1) is 11.9 Å². The molecule has 12 nitrogen and oxygen atoms in total. The third kappa shape index (κ3) is 5.16. The van der Waals surface area contributed by atoms with Crippen LogP contribution in [0.4, 0.5) is 21.7 Å². The van der Waals surface area contributed by atoms with E-state index in [4.69, 9.17) is 11.5 Å². The molecule has 0 fully saturated rings. The van der Waals surface area contributed by atoms with Gasteiger partial charge in [0.1, 0.15) is 17.2 Å². The van der Waals surface area contributed by atoms with Gasteiger partial charge in [0.15, 0.2) is 23.1 Å². The molecule has 0 aliphatic heterocycles. The molecule has 196 valence electrons. The van der Waals surface area contributed by atoms with Gasteiger partial charge in [0, 0.05) is 38.9 Å². The number of hydrogen-bond donors (Lipinski definition) is 2. The van der Waals surface area contributed by atoms with E-state index >= 15 is 0 Å². The number of likely N-dealkylation sites (N-methyl/N-ethyl adjacent to an activating group) is 1. The highest BCUT2D eigenvalue weighted by Gasteiger charge is 2.30. The van der Waals surface area contributed by atoms with Crippen LogP contribution in [-0.4, -0.2) is 83.6 Å². The molecule has 1 aromatic carbocycles. The van der Waals surface area contributed by atoms with Crippen molar-refractivity contribution in [3.8, 4) is 11.5 Å². The van der Waals surface area contributed by atoms with E-state index < -0.39 is 10.2 Å². The van der Waals surface area contributed by atoms with Crippen LogP contribution in [0, 0.1) is 5.82 Å². The van der Waals surface area contributed by atoms with E-state index in [1.807, 2.05) is 19.0 Å². The largest absolute Gasteiger partial charge is 0.382 e. The van der Waals surface area contributed by atoms with Crippen molar-refractivity contribution in [2.45, 2.75) is 6.54 Å². The molecule has 0 unspecified atom stereocenters. The Hall–Kier alpha value is -3.88. The maximum absolute atomic E-state index is 14.3. The predicted molar refractivity (Wildman–Crippen MR) is 141 cm³/mol. The average Bonchev–Trinajstić information content (AvgIpc) is 3.20. The van der Waals surface area contributed by atoms with Gasteiger partial charge in [0.25, 0.3) is 0 Å². The summed E-state index contributed by atoms with van der Waals surface area (Å²) >= 11 is 0. The molecule has 0 spiro atoms. The van der Waals surface area contributed by atoms with Crippen LogP contribution in [0.3, 0.4) is 0 Å². The molecule has 0 bridgehead atoms. The molecule has 0 radical (unpaired) electrons. The van der Waals surface area contributed by atoms with Gasteiger partial charge >= 0.3 is 10.2 Å². The monoisotopic (exact) mass is 528 g/mol. The fraction of sp³-hybridized carbons (Fsp3) is 0.304. The highest BCUT2D eigenvalue weighted by Crippen LogP contribution is 2.34. The molecule has 0 aliphatic carbocycles. The van der Waals surface area contributed by atoms with E-state index in [0.717, 1.165) is 8.61 Å². The standard InChI is InChI=1S/C23H29FN10O2S/c1-31(2)12-13-34(37(35,36)32(3)4)19-20(25)28-22(29-21(19)26)18-16-9-7-11-27-23(16)33(30-18)14-15-8-5-6-10-17(15)24/h5-11H,12-14H2,1-4H3,(H4,25,26,28,29). The van der Waals surface area contributed by atoms with Crippen molar-refractivity contribution < 1.29 is 12.8 Å². The van der Waals surface area contributed by atoms with Gasteiger partial charge < -0.3 is 16.4 Å². The van der Waals surface area contributed by atoms with Crippen molar-refractivity contribution in [1.82, 2.24) is 33.9 Å². The number of halogens is 1. The van der Waals surface area contributed by atoms with E-state index in [2.05, 4.69) is 20.1 Å². The number of hydrogen-bond acceptors (Lipinski definition) is 9. The number of nitrogens with zero attached hydrogens (tertiary/aromatic N) is 8. The molecular formula is C23H29FN10O2S. The highest BCUT2D eigenvalue weighted by atomic mass is 32.2. The lowest BCUT2D eigenvalue weighted by atomic mass is 10.2. The quantitative estimate of drug-likeness (QED) is 0.328. The molecule has 3 heterocycles. The number of aromatic nitrogens is 5. The van der Waals surface area contributed by atoms with Gasteiger partial charge in [-0.2, -0.15) is 17.8 Å². The first-order chi connectivity index (χ1) is 17.5. The molecule has 37 heavy (non-hydrogen) atoms. The smallest absolute Gasteiger partial charge is 0.303 e. The molecule has 0 aliphatic rings. The second-order valence-electron chi connectivity index (χ2n) is 8.80. The average molecular weight is 529 g/mol. The SMILES string of the molecule is CN(C)CCN(c1c(N)nc(-c2nn(Cc3ccccc3F)c3ncccc23)nc1N)S(=O)(=O)N(C)C. The lowest BCUT2D eigenvalue weighted by molar-refractivity contribution is 0.417. The van der Waals surface area contributed by atoms with Gasteiger partial charge in [-0.05, 0) is 32.3 Å². The van der Waals surface area contributed by atoms with Crippen LogP contribution in [-0.2, 0) is 16.8 Å². The Kier molecular flexibility index (Phi) is 7.25. The molecule has 4 aromatic rings. The number of benzene rings is 1. The van der Waals surface area contributed by atoms with E-state index in [1.54, 1.807) is 41.2 Å². The first-order valence-electron chi connectivity index (χ1n) is 11.3. The van der Waals surface area contributed by atoms with Crippen molar-refractivity contribution in [3.05, 3.63) is 54.0 Å². The van der Waals surface area contributed by atoms with Gasteiger partial charge in [-0.15, -0.1) is 0 Å². The summed E-state index contributed by atoms with van der Waals surface area (Å²) in [6.07, 6.45) is 1.60. The predicted octanol–water partition coefficient (Wildman–Crippen LogP) is 1.41. The minimum atomic E-state index is -3.94. The maximum Gasteiger partial charge on any atom is 0.303 e. The van der Waals surface area contributed by atoms with Crippen molar-refractivity contribution in [2.24, 2.45) is 0 Å². The summed E-state index contributed by atoms with van der Waals surface area (Å²) < 4.78 is 44.2.